The lowest BCUT2D eigenvalue weighted by atomic mass is 10.2. The molecule has 1 fully saturated rings. The van der Waals surface area contributed by atoms with Crippen molar-refractivity contribution in [2.24, 2.45) is 0 Å². The largest absolute Gasteiger partial charge is 0.444 e. The maximum Gasteiger partial charge on any atom is 0.410 e. The van der Waals surface area contributed by atoms with Crippen molar-refractivity contribution >= 4 is 6.09 Å². The number of nitrogens with zero attached hydrogens (tertiary/aromatic N) is 1. The third-order valence-corrected chi connectivity index (χ3v) is 2.45. The van der Waals surface area contributed by atoms with Crippen molar-refractivity contribution in [2.75, 3.05) is 19.6 Å². The van der Waals surface area contributed by atoms with E-state index in [2.05, 4.69) is 5.32 Å². The maximum atomic E-state index is 12.5. The highest BCUT2D eigenvalue weighted by Crippen LogP contribution is 2.22. The van der Waals surface area contributed by atoms with Gasteiger partial charge in [-0.15, -0.1) is 0 Å². The molecular formula is C11H19F3N2O2. The molecule has 1 amide bonds. The summed E-state index contributed by atoms with van der Waals surface area (Å²) < 4.78 is 42.5. The van der Waals surface area contributed by atoms with E-state index in [1.165, 1.54) is 0 Å². The van der Waals surface area contributed by atoms with Crippen LogP contribution in [0.1, 0.15) is 27.2 Å². The van der Waals surface area contributed by atoms with E-state index < -0.39 is 30.5 Å². The molecule has 1 heterocycles. The molecule has 7 heteroatoms. The first-order valence-electron chi connectivity index (χ1n) is 5.85. The van der Waals surface area contributed by atoms with Gasteiger partial charge in [0.25, 0.3) is 0 Å². The Labute approximate surface area is 104 Å². The van der Waals surface area contributed by atoms with Gasteiger partial charge in [-0.2, -0.15) is 13.2 Å². The Morgan fingerprint density at radius 1 is 1.39 bits per heavy atom. The van der Waals surface area contributed by atoms with Crippen LogP contribution in [0.4, 0.5) is 18.0 Å². The van der Waals surface area contributed by atoms with E-state index in [0.717, 1.165) is 4.90 Å². The second kappa shape index (κ2) is 5.34. The first-order valence-corrected chi connectivity index (χ1v) is 5.85. The summed E-state index contributed by atoms with van der Waals surface area (Å²) in [5.74, 6) is 0. The molecule has 1 aliphatic heterocycles. The standard InChI is InChI=1S/C11H19F3N2O2/c1-10(2,3)18-9(17)16(7-11(12,13)14)8-4-5-15-6-8/h8,15H,4-7H2,1-3H3/t8-/m0/s1. The van der Waals surface area contributed by atoms with Crippen LogP contribution in [0.25, 0.3) is 0 Å². The highest BCUT2D eigenvalue weighted by molar-refractivity contribution is 5.68. The van der Waals surface area contributed by atoms with Crippen LogP contribution in [-0.2, 0) is 4.74 Å². The van der Waals surface area contributed by atoms with Gasteiger partial charge in [0.2, 0.25) is 0 Å². The Balaban J connectivity index is 2.73. The Morgan fingerprint density at radius 3 is 2.39 bits per heavy atom. The molecule has 0 aliphatic carbocycles. The minimum Gasteiger partial charge on any atom is -0.444 e. The van der Waals surface area contributed by atoms with E-state index in [-0.39, 0.29) is 0 Å². The number of nitrogens with one attached hydrogen (secondary N) is 1. The van der Waals surface area contributed by atoms with E-state index >= 15 is 0 Å². The molecule has 0 aromatic rings. The van der Waals surface area contributed by atoms with Crippen LogP contribution in [0.3, 0.4) is 0 Å². The van der Waals surface area contributed by atoms with Crippen LogP contribution in [0.2, 0.25) is 0 Å². The van der Waals surface area contributed by atoms with Crippen LogP contribution in [0.5, 0.6) is 0 Å². The third kappa shape index (κ3) is 5.12. The van der Waals surface area contributed by atoms with Gasteiger partial charge in [-0.25, -0.2) is 4.79 Å². The van der Waals surface area contributed by atoms with Crippen molar-refractivity contribution in [1.82, 2.24) is 10.2 Å². The van der Waals surface area contributed by atoms with Crippen molar-refractivity contribution in [3.8, 4) is 0 Å². The smallest absolute Gasteiger partial charge is 0.410 e. The molecule has 1 atom stereocenters. The third-order valence-electron chi connectivity index (χ3n) is 2.45. The summed E-state index contributed by atoms with van der Waals surface area (Å²) in [5.41, 5.74) is -0.799. The van der Waals surface area contributed by atoms with Gasteiger partial charge in [0.15, 0.2) is 0 Å². The van der Waals surface area contributed by atoms with Gasteiger partial charge in [0.1, 0.15) is 12.1 Å². The molecule has 0 aromatic heterocycles. The number of ether oxygens (including phenoxy) is 1. The van der Waals surface area contributed by atoms with Crippen LogP contribution < -0.4 is 5.32 Å². The Kier molecular flexibility index (Phi) is 4.47. The molecule has 0 radical (unpaired) electrons. The van der Waals surface area contributed by atoms with Crippen molar-refractivity contribution in [1.29, 1.82) is 0 Å². The number of amides is 1. The molecule has 1 N–H and O–H groups in total. The van der Waals surface area contributed by atoms with E-state index in [0.29, 0.717) is 19.5 Å². The highest BCUT2D eigenvalue weighted by Gasteiger charge is 2.39. The fraction of sp³-hybridized carbons (Fsp3) is 0.909. The average Bonchev–Trinajstić information content (AvgIpc) is 2.61. The monoisotopic (exact) mass is 268 g/mol. The molecule has 0 aromatic carbocycles. The first-order chi connectivity index (χ1) is 8.08. The topological polar surface area (TPSA) is 41.6 Å². The first kappa shape index (κ1) is 15.1. The number of carbonyl (C=O) groups excluding carboxylic acids is 1. The number of hydrogen-bond acceptors (Lipinski definition) is 3. The lowest BCUT2D eigenvalue weighted by molar-refractivity contribution is -0.148. The van der Waals surface area contributed by atoms with Gasteiger partial charge in [-0.3, -0.25) is 4.90 Å². The van der Waals surface area contributed by atoms with Gasteiger partial charge < -0.3 is 10.1 Å². The number of alkyl halides is 3. The summed E-state index contributed by atoms with van der Waals surface area (Å²) >= 11 is 0. The van der Waals surface area contributed by atoms with Gasteiger partial charge in [0.05, 0.1) is 0 Å². The fourth-order valence-electron chi connectivity index (χ4n) is 1.76. The zero-order valence-electron chi connectivity index (χ0n) is 10.8. The van der Waals surface area contributed by atoms with E-state index in [1.807, 2.05) is 0 Å². The fourth-order valence-corrected chi connectivity index (χ4v) is 1.76. The lowest BCUT2D eigenvalue weighted by Gasteiger charge is -2.31. The second-order valence-electron chi connectivity index (χ2n) is 5.37. The van der Waals surface area contributed by atoms with Crippen LogP contribution >= 0.6 is 0 Å². The molecular weight excluding hydrogens is 249 g/mol. The molecule has 1 rings (SSSR count). The number of rotatable bonds is 2. The van der Waals surface area contributed by atoms with Gasteiger partial charge in [-0.1, -0.05) is 0 Å². The van der Waals surface area contributed by atoms with Crippen molar-refractivity contribution < 1.29 is 22.7 Å². The van der Waals surface area contributed by atoms with Crippen molar-refractivity contribution in [3.63, 3.8) is 0 Å². The Hall–Kier alpha value is -0.980. The Morgan fingerprint density at radius 2 is 2.00 bits per heavy atom. The summed E-state index contributed by atoms with van der Waals surface area (Å²) in [5, 5.41) is 2.94. The highest BCUT2D eigenvalue weighted by atomic mass is 19.4. The van der Waals surface area contributed by atoms with Crippen LogP contribution in [-0.4, -0.2) is 48.4 Å². The lowest BCUT2D eigenvalue weighted by Crippen LogP contribution is -2.48. The van der Waals surface area contributed by atoms with Gasteiger partial charge >= 0.3 is 12.3 Å². The van der Waals surface area contributed by atoms with Crippen molar-refractivity contribution in [3.05, 3.63) is 0 Å². The molecule has 106 valence electrons. The molecule has 1 saturated heterocycles. The molecule has 0 bridgehead atoms. The normalized spacial score (nSPS) is 20.9. The number of halogens is 3. The zero-order valence-corrected chi connectivity index (χ0v) is 10.8. The minimum absolute atomic E-state index is 0.370. The van der Waals surface area contributed by atoms with Crippen molar-refractivity contribution in [2.45, 2.75) is 45.0 Å². The summed E-state index contributed by atoms with van der Waals surface area (Å²) in [4.78, 5) is 12.6. The molecule has 0 saturated carbocycles. The summed E-state index contributed by atoms with van der Waals surface area (Å²) in [6, 6.07) is -0.457. The van der Waals surface area contributed by atoms with Gasteiger partial charge in [-0.05, 0) is 33.7 Å². The molecule has 0 spiro atoms. The summed E-state index contributed by atoms with van der Waals surface area (Å²) in [6.45, 7) is 4.60. The predicted octanol–water partition coefficient (Wildman–Crippen LogP) is 2.15. The van der Waals surface area contributed by atoms with Gasteiger partial charge in [0, 0.05) is 12.6 Å². The summed E-state index contributed by atoms with van der Waals surface area (Å²) in [6.07, 6.45) is -4.82. The molecule has 18 heavy (non-hydrogen) atoms. The quantitative estimate of drug-likeness (QED) is 0.834. The zero-order chi connectivity index (χ0) is 14.0. The van der Waals surface area contributed by atoms with E-state index in [4.69, 9.17) is 4.74 Å². The second-order valence-corrected chi connectivity index (χ2v) is 5.37. The molecule has 4 nitrogen and oxygen atoms in total. The molecule has 1 aliphatic rings. The number of hydrogen-bond donors (Lipinski definition) is 1. The SMILES string of the molecule is CC(C)(C)OC(=O)N(CC(F)(F)F)[C@H]1CCNC1. The van der Waals surface area contributed by atoms with E-state index in [9.17, 15) is 18.0 Å². The van der Waals surface area contributed by atoms with Crippen LogP contribution in [0, 0.1) is 0 Å². The molecule has 0 unspecified atom stereocenters. The minimum atomic E-state index is -4.42. The Bertz CT molecular complexity index is 294. The van der Waals surface area contributed by atoms with Crippen LogP contribution in [0.15, 0.2) is 0 Å². The summed E-state index contributed by atoms with van der Waals surface area (Å²) in [7, 11) is 0. The average molecular weight is 268 g/mol. The predicted molar refractivity (Wildman–Crippen MR) is 60.3 cm³/mol. The van der Waals surface area contributed by atoms with E-state index in [1.54, 1.807) is 20.8 Å². The maximum absolute atomic E-state index is 12.5. The number of carbonyl (C=O) groups is 1.